The fourth-order valence-corrected chi connectivity index (χ4v) is 4.13. The van der Waals surface area contributed by atoms with Gasteiger partial charge in [-0.3, -0.25) is 4.79 Å². The van der Waals surface area contributed by atoms with Gasteiger partial charge in [-0.1, -0.05) is 26.0 Å². The fraction of sp³-hybridized carbons (Fsp3) is 0.500. The molecule has 7 nitrogen and oxygen atoms in total. The van der Waals surface area contributed by atoms with Gasteiger partial charge in [0.2, 0.25) is 0 Å². The Hall–Kier alpha value is -3.09. The van der Waals surface area contributed by atoms with E-state index in [-0.39, 0.29) is 37.4 Å². The molecule has 2 rings (SSSR count). The lowest BCUT2D eigenvalue weighted by molar-refractivity contribution is -0.144. The smallest absolute Gasteiger partial charge is 0.336 e. The summed E-state index contributed by atoms with van der Waals surface area (Å²) < 4.78 is 15.8. The van der Waals surface area contributed by atoms with Crippen LogP contribution in [0.5, 0.6) is 0 Å². The molecule has 1 aliphatic heterocycles. The van der Waals surface area contributed by atoms with E-state index in [2.05, 4.69) is 13.8 Å². The standard InChI is InChI=1S/C26H35NO6/c1-8-31-22(28)15-21-23(25(29)32-9-2)17(6)27(18(7)24(21)26(30)33-10-3)20-13-11-19(12-14-20)16(4)5/h11-14,16,21H,8-10,15H2,1-7H3. The molecule has 0 saturated heterocycles. The minimum Gasteiger partial charge on any atom is -0.466 e. The van der Waals surface area contributed by atoms with E-state index >= 15 is 0 Å². The van der Waals surface area contributed by atoms with E-state index in [1.54, 1.807) is 34.6 Å². The lowest BCUT2D eigenvalue weighted by Crippen LogP contribution is -2.37. The monoisotopic (exact) mass is 457 g/mol. The topological polar surface area (TPSA) is 82.1 Å². The van der Waals surface area contributed by atoms with E-state index in [4.69, 9.17) is 14.2 Å². The van der Waals surface area contributed by atoms with Crippen LogP contribution in [0.2, 0.25) is 0 Å². The van der Waals surface area contributed by atoms with Crippen molar-refractivity contribution in [2.45, 2.75) is 60.8 Å². The van der Waals surface area contributed by atoms with Crippen molar-refractivity contribution in [3.63, 3.8) is 0 Å². The van der Waals surface area contributed by atoms with Crippen molar-refractivity contribution in [2.75, 3.05) is 24.7 Å². The second kappa shape index (κ2) is 11.7. The maximum absolute atomic E-state index is 13.1. The number of esters is 3. The number of carbonyl (C=O) groups is 3. The van der Waals surface area contributed by atoms with Gasteiger partial charge in [0.25, 0.3) is 0 Å². The molecule has 180 valence electrons. The van der Waals surface area contributed by atoms with E-state index in [0.717, 1.165) is 5.69 Å². The Kier molecular flexibility index (Phi) is 9.26. The molecule has 0 fully saturated rings. The van der Waals surface area contributed by atoms with E-state index in [1.165, 1.54) is 5.56 Å². The Morgan fingerprint density at radius 3 is 1.67 bits per heavy atom. The lowest BCUT2D eigenvalue weighted by atomic mass is 9.82. The molecule has 0 unspecified atom stereocenters. The molecule has 1 aliphatic rings. The lowest BCUT2D eigenvalue weighted by Gasteiger charge is -2.37. The van der Waals surface area contributed by atoms with Crippen LogP contribution in [-0.2, 0) is 28.6 Å². The van der Waals surface area contributed by atoms with Crippen molar-refractivity contribution in [3.8, 4) is 0 Å². The first-order valence-electron chi connectivity index (χ1n) is 11.5. The summed E-state index contributed by atoms with van der Waals surface area (Å²) in [5.41, 5.74) is 3.69. The van der Waals surface area contributed by atoms with Gasteiger partial charge >= 0.3 is 17.9 Å². The molecule has 0 bridgehead atoms. The van der Waals surface area contributed by atoms with Gasteiger partial charge in [-0.05, 0) is 58.2 Å². The van der Waals surface area contributed by atoms with E-state index in [9.17, 15) is 14.4 Å². The Morgan fingerprint density at radius 1 is 0.818 bits per heavy atom. The number of ether oxygens (including phenoxy) is 3. The maximum atomic E-state index is 13.1. The van der Waals surface area contributed by atoms with Crippen LogP contribution in [0, 0.1) is 5.92 Å². The molecular formula is C26H35NO6. The average Bonchev–Trinajstić information content (AvgIpc) is 2.74. The predicted octanol–water partition coefficient (Wildman–Crippen LogP) is 4.87. The molecule has 1 aromatic rings. The maximum Gasteiger partial charge on any atom is 0.336 e. The second-order valence-corrected chi connectivity index (χ2v) is 8.08. The van der Waals surface area contributed by atoms with Crippen LogP contribution in [-0.4, -0.2) is 37.7 Å². The van der Waals surface area contributed by atoms with E-state index < -0.39 is 23.8 Å². The third-order valence-electron chi connectivity index (χ3n) is 5.63. The second-order valence-electron chi connectivity index (χ2n) is 8.08. The summed E-state index contributed by atoms with van der Waals surface area (Å²) in [5.74, 6) is -2.09. The van der Waals surface area contributed by atoms with Crippen LogP contribution >= 0.6 is 0 Å². The van der Waals surface area contributed by atoms with Gasteiger partial charge in [0, 0.05) is 23.0 Å². The van der Waals surface area contributed by atoms with Crippen molar-refractivity contribution in [1.29, 1.82) is 0 Å². The number of rotatable bonds is 9. The first-order valence-corrected chi connectivity index (χ1v) is 11.5. The number of hydrogen-bond donors (Lipinski definition) is 0. The van der Waals surface area contributed by atoms with Crippen molar-refractivity contribution in [1.82, 2.24) is 0 Å². The zero-order valence-electron chi connectivity index (χ0n) is 20.7. The number of carbonyl (C=O) groups excluding carboxylic acids is 3. The Labute approximate surface area is 196 Å². The number of allylic oxidation sites excluding steroid dienone is 2. The van der Waals surface area contributed by atoms with Crippen molar-refractivity contribution in [3.05, 3.63) is 52.4 Å². The first-order chi connectivity index (χ1) is 15.7. The van der Waals surface area contributed by atoms with Gasteiger partial charge in [-0.2, -0.15) is 0 Å². The molecule has 0 aromatic heterocycles. The summed E-state index contributed by atoms with van der Waals surface area (Å²) in [6.07, 6.45) is -0.162. The van der Waals surface area contributed by atoms with Crippen molar-refractivity contribution >= 4 is 23.6 Å². The van der Waals surface area contributed by atoms with Gasteiger partial charge in [0.1, 0.15) is 0 Å². The van der Waals surface area contributed by atoms with Crippen LogP contribution < -0.4 is 4.90 Å². The molecule has 0 radical (unpaired) electrons. The van der Waals surface area contributed by atoms with Crippen LogP contribution in [0.4, 0.5) is 5.69 Å². The number of benzene rings is 1. The molecule has 0 saturated carbocycles. The highest BCUT2D eigenvalue weighted by Gasteiger charge is 2.41. The molecule has 33 heavy (non-hydrogen) atoms. The summed E-state index contributed by atoms with van der Waals surface area (Å²) in [6.45, 7) is 13.5. The highest BCUT2D eigenvalue weighted by atomic mass is 16.5. The van der Waals surface area contributed by atoms with Crippen LogP contribution in [0.1, 0.15) is 66.4 Å². The van der Waals surface area contributed by atoms with Crippen molar-refractivity contribution in [2.24, 2.45) is 5.92 Å². The Balaban J connectivity index is 2.72. The molecule has 0 N–H and O–H groups in total. The van der Waals surface area contributed by atoms with Gasteiger partial charge in [-0.25, -0.2) is 9.59 Å². The average molecular weight is 458 g/mol. The molecule has 1 aromatic carbocycles. The summed E-state index contributed by atoms with van der Waals surface area (Å²) in [7, 11) is 0. The largest absolute Gasteiger partial charge is 0.466 e. The molecule has 7 heteroatoms. The minimum absolute atomic E-state index is 0.162. The summed E-state index contributed by atoms with van der Waals surface area (Å²) in [5, 5.41) is 0. The summed E-state index contributed by atoms with van der Waals surface area (Å²) in [4.78, 5) is 40.5. The normalized spacial score (nSPS) is 14.6. The zero-order valence-corrected chi connectivity index (χ0v) is 20.7. The van der Waals surface area contributed by atoms with Crippen LogP contribution in [0.15, 0.2) is 46.8 Å². The van der Waals surface area contributed by atoms with Gasteiger partial charge in [-0.15, -0.1) is 0 Å². The molecular weight excluding hydrogens is 422 g/mol. The fourth-order valence-electron chi connectivity index (χ4n) is 4.13. The highest BCUT2D eigenvalue weighted by Crippen LogP contribution is 2.41. The van der Waals surface area contributed by atoms with Gasteiger partial charge in [0.15, 0.2) is 0 Å². The van der Waals surface area contributed by atoms with Crippen LogP contribution in [0.25, 0.3) is 0 Å². The first kappa shape index (κ1) is 26.2. The predicted molar refractivity (Wildman–Crippen MR) is 126 cm³/mol. The minimum atomic E-state index is -0.826. The summed E-state index contributed by atoms with van der Waals surface area (Å²) >= 11 is 0. The Morgan fingerprint density at radius 2 is 1.27 bits per heavy atom. The van der Waals surface area contributed by atoms with E-state index in [0.29, 0.717) is 17.3 Å². The SMILES string of the molecule is CCOC(=O)CC1C(C(=O)OCC)=C(C)N(c2ccc(C(C)C)cc2)C(C)=C1C(=O)OCC. The number of anilines is 1. The zero-order chi connectivity index (χ0) is 24.7. The third kappa shape index (κ3) is 5.83. The van der Waals surface area contributed by atoms with E-state index in [1.807, 2.05) is 29.2 Å². The number of nitrogens with zero attached hydrogens (tertiary/aromatic N) is 1. The van der Waals surface area contributed by atoms with Crippen molar-refractivity contribution < 1.29 is 28.6 Å². The molecule has 0 amide bonds. The Bertz CT molecular complexity index is 900. The molecule has 0 atom stereocenters. The quantitative estimate of drug-likeness (QED) is 0.386. The van der Waals surface area contributed by atoms with Gasteiger partial charge in [0.05, 0.1) is 37.4 Å². The molecule has 0 aliphatic carbocycles. The number of hydrogen-bond acceptors (Lipinski definition) is 7. The third-order valence-corrected chi connectivity index (χ3v) is 5.63. The van der Waals surface area contributed by atoms with Crippen LogP contribution in [0.3, 0.4) is 0 Å². The van der Waals surface area contributed by atoms with Gasteiger partial charge < -0.3 is 19.1 Å². The highest BCUT2D eigenvalue weighted by molar-refractivity contribution is 6.00. The molecule has 0 spiro atoms. The molecule has 1 heterocycles. The summed E-state index contributed by atoms with van der Waals surface area (Å²) in [6, 6.07) is 7.97.